The van der Waals surface area contributed by atoms with E-state index < -0.39 is 0 Å². The van der Waals surface area contributed by atoms with Crippen molar-refractivity contribution in [2.24, 2.45) is 0 Å². The van der Waals surface area contributed by atoms with Crippen LogP contribution in [0.1, 0.15) is 59.8 Å². The van der Waals surface area contributed by atoms with E-state index in [4.69, 9.17) is 4.74 Å². The molecule has 1 aliphatic rings. The molecular weight excluding hydrogens is 214 g/mol. The number of nitrogens with zero attached hydrogens (tertiary/aromatic N) is 1. The first kappa shape index (κ1) is 14.5. The highest BCUT2D eigenvalue weighted by Crippen LogP contribution is 2.30. The molecule has 0 saturated carbocycles. The molecule has 0 radical (unpaired) electrons. The lowest BCUT2D eigenvalue weighted by atomic mass is 10.1. The van der Waals surface area contributed by atoms with E-state index in [1.54, 1.807) is 0 Å². The Morgan fingerprint density at radius 2 is 2.06 bits per heavy atom. The smallest absolute Gasteiger partial charge is 0.323 e. The van der Waals surface area contributed by atoms with Crippen LogP contribution in [0, 0.1) is 0 Å². The summed E-state index contributed by atoms with van der Waals surface area (Å²) in [4.78, 5) is 14.5. The first-order valence-electron chi connectivity index (χ1n) is 7.09. The summed E-state index contributed by atoms with van der Waals surface area (Å²) < 4.78 is 5.23. The standard InChI is InChI=1S/C14H27NO2/c1-5-8-13(14(16)17-7-3)15-11(4)9-10-12(15)6-2/h11-13H,5-10H2,1-4H3. The average molecular weight is 241 g/mol. The Bertz CT molecular complexity index is 242. The predicted molar refractivity (Wildman–Crippen MR) is 69.9 cm³/mol. The number of ether oxygens (including phenoxy) is 1. The summed E-state index contributed by atoms with van der Waals surface area (Å²) >= 11 is 0. The van der Waals surface area contributed by atoms with Gasteiger partial charge in [-0.3, -0.25) is 9.69 Å². The van der Waals surface area contributed by atoms with Crippen LogP contribution < -0.4 is 0 Å². The first-order valence-corrected chi connectivity index (χ1v) is 7.09. The van der Waals surface area contributed by atoms with Crippen LogP contribution in [0.3, 0.4) is 0 Å². The molecule has 1 heterocycles. The Balaban J connectivity index is 2.76. The van der Waals surface area contributed by atoms with Gasteiger partial charge in [0.1, 0.15) is 6.04 Å². The van der Waals surface area contributed by atoms with Crippen molar-refractivity contribution in [3.8, 4) is 0 Å². The molecule has 0 aromatic rings. The van der Waals surface area contributed by atoms with E-state index in [0.717, 1.165) is 19.3 Å². The summed E-state index contributed by atoms with van der Waals surface area (Å²) in [6.45, 7) is 8.94. The number of carbonyl (C=O) groups excluding carboxylic acids is 1. The van der Waals surface area contributed by atoms with Crippen molar-refractivity contribution < 1.29 is 9.53 Å². The fraction of sp³-hybridized carbons (Fsp3) is 0.929. The molecule has 0 aliphatic carbocycles. The van der Waals surface area contributed by atoms with Crippen molar-refractivity contribution in [3.05, 3.63) is 0 Å². The molecule has 1 rings (SSSR count). The van der Waals surface area contributed by atoms with Gasteiger partial charge in [0.05, 0.1) is 6.61 Å². The average Bonchev–Trinajstić information content (AvgIpc) is 2.67. The topological polar surface area (TPSA) is 29.5 Å². The number of rotatable bonds is 6. The maximum atomic E-state index is 12.1. The van der Waals surface area contributed by atoms with Gasteiger partial charge in [-0.1, -0.05) is 20.3 Å². The molecule has 1 saturated heterocycles. The highest BCUT2D eigenvalue weighted by atomic mass is 16.5. The van der Waals surface area contributed by atoms with Crippen molar-refractivity contribution in [1.29, 1.82) is 0 Å². The fourth-order valence-electron chi connectivity index (χ4n) is 2.97. The Morgan fingerprint density at radius 3 is 2.59 bits per heavy atom. The lowest BCUT2D eigenvalue weighted by Crippen LogP contribution is -2.47. The van der Waals surface area contributed by atoms with Crippen LogP contribution in [0.25, 0.3) is 0 Å². The molecule has 3 heteroatoms. The van der Waals surface area contributed by atoms with Gasteiger partial charge in [-0.25, -0.2) is 0 Å². The molecule has 1 aliphatic heterocycles. The molecular formula is C14H27NO2. The highest BCUT2D eigenvalue weighted by Gasteiger charge is 2.38. The van der Waals surface area contributed by atoms with Crippen molar-refractivity contribution in [3.63, 3.8) is 0 Å². The second-order valence-corrected chi connectivity index (χ2v) is 4.99. The Hall–Kier alpha value is -0.570. The van der Waals surface area contributed by atoms with Crippen LogP contribution >= 0.6 is 0 Å². The van der Waals surface area contributed by atoms with Gasteiger partial charge in [0, 0.05) is 12.1 Å². The normalized spacial score (nSPS) is 27.1. The summed E-state index contributed by atoms with van der Waals surface area (Å²) in [6.07, 6.45) is 5.50. The maximum Gasteiger partial charge on any atom is 0.323 e. The molecule has 3 unspecified atom stereocenters. The van der Waals surface area contributed by atoms with Crippen LogP contribution in [0.5, 0.6) is 0 Å². The van der Waals surface area contributed by atoms with Gasteiger partial charge in [0.2, 0.25) is 0 Å². The van der Waals surface area contributed by atoms with Gasteiger partial charge < -0.3 is 4.74 Å². The van der Waals surface area contributed by atoms with Gasteiger partial charge in [-0.2, -0.15) is 0 Å². The van der Waals surface area contributed by atoms with E-state index >= 15 is 0 Å². The molecule has 0 spiro atoms. The Labute approximate surface area is 106 Å². The van der Waals surface area contributed by atoms with Crippen molar-refractivity contribution in [1.82, 2.24) is 4.90 Å². The summed E-state index contributed by atoms with van der Waals surface area (Å²) in [5.74, 6) is -0.0263. The van der Waals surface area contributed by atoms with Crippen molar-refractivity contribution >= 4 is 5.97 Å². The minimum Gasteiger partial charge on any atom is -0.465 e. The van der Waals surface area contributed by atoms with E-state index in [1.807, 2.05) is 6.92 Å². The molecule has 0 aromatic heterocycles. The van der Waals surface area contributed by atoms with Gasteiger partial charge in [0.25, 0.3) is 0 Å². The number of likely N-dealkylation sites (tertiary alicyclic amines) is 1. The second-order valence-electron chi connectivity index (χ2n) is 4.99. The molecule has 0 aromatic carbocycles. The monoisotopic (exact) mass is 241 g/mol. The van der Waals surface area contributed by atoms with Crippen LogP contribution in [0.15, 0.2) is 0 Å². The largest absolute Gasteiger partial charge is 0.465 e. The molecule has 0 amide bonds. The zero-order chi connectivity index (χ0) is 12.8. The van der Waals surface area contributed by atoms with Crippen molar-refractivity contribution in [2.45, 2.75) is 77.9 Å². The molecule has 0 N–H and O–H groups in total. The quantitative estimate of drug-likeness (QED) is 0.670. The summed E-state index contributed by atoms with van der Waals surface area (Å²) in [7, 11) is 0. The predicted octanol–water partition coefficient (Wildman–Crippen LogP) is 2.98. The van der Waals surface area contributed by atoms with Gasteiger partial charge in [-0.15, -0.1) is 0 Å². The van der Waals surface area contributed by atoms with Crippen LogP contribution in [-0.2, 0) is 9.53 Å². The number of hydrogen-bond acceptors (Lipinski definition) is 3. The number of esters is 1. The summed E-state index contributed by atoms with van der Waals surface area (Å²) in [6, 6.07) is 1.05. The van der Waals surface area contributed by atoms with Crippen LogP contribution in [0.4, 0.5) is 0 Å². The maximum absolute atomic E-state index is 12.1. The molecule has 3 atom stereocenters. The molecule has 3 nitrogen and oxygen atoms in total. The SMILES string of the molecule is CCCC(C(=O)OCC)N1C(C)CCC1CC. The van der Waals surface area contributed by atoms with Gasteiger partial charge in [-0.05, 0) is 39.5 Å². The van der Waals surface area contributed by atoms with Gasteiger partial charge in [0.15, 0.2) is 0 Å². The molecule has 0 bridgehead atoms. The third-order valence-electron chi connectivity index (χ3n) is 3.80. The highest BCUT2D eigenvalue weighted by molar-refractivity contribution is 5.75. The zero-order valence-corrected chi connectivity index (χ0v) is 11.7. The molecule has 1 fully saturated rings. The summed E-state index contributed by atoms with van der Waals surface area (Å²) in [5, 5.41) is 0. The first-order chi connectivity index (χ1) is 8.15. The van der Waals surface area contributed by atoms with E-state index in [-0.39, 0.29) is 12.0 Å². The van der Waals surface area contributed by atoms with E-state index in [2.05, 4.69) is 25.7 Å². The zero-order valence-electron chi connectivity index (χ0n) is 11.7. The van der Waals surface area contributed by atoms with Gasteiger partial charge >= 0.3 is 5.97 Å². The number of hydrogen-bond donors (Lipinski definition) is 0. The minimum atomic E-state index is -0.0263. The van der Waals surface area contributed by atoms with Crippen molar-refractivity contribution in [2.75, 3.05) is 6.61 Å². The lowest BCUT2D eigenvalue weighted by Gasteiger charge is -2.34. The van der Waals surface area contributed by atoms with Crippen LogP contribution in [0.2, 0.25) is 0 Å². The molecule has 100 valence electrons. The van der Waals surface area contributed by atoms with E-state index in [9.17, 15) is 4.79 Å². The van der Waals surface area contributed by atoms with E-state index in [1.165, 1.54) is 12.8 Å². The second kappa shape index (κ2) is 7.00. The number of carbonyl (C=O) groups is 1. The summed E-state index contributed by atoms with van der Waals surface area (Å²) in [5.41, 5.74) is 0. The lowest BCUT2D eigenvalue weighted by molar-refractivity contribution is -0.151. The molecule has 17 heavy (non-hydrogen) atoms. The third kappa shape index (κ3) is 3.44. The van der Waals surface area contributed by atoms with Crippen LogP contribution in [-0.4, -0.2) is 35.6 Å². The third-order valence-corrected chi connectivity index (χ3v) is 3.80. The Morgan fingerprint density at radius 1 is 1.35 bits per heavy atom. The minimum absolute atomic E-state index is 0.0256. The fourth-order valence-corrected chi connectivity index (χ4v) is 2.97. The van der Waals surface area contributed by atoms with E-state index in [0.29, 0.717) is 18.7 Å². The Kier molecular flexibility index (Phi) is 5.96.